The van der Waals surface area contributed by atoms with E-state index < -0.39 is 0 Å². The maximum absolute atomic E-state index is 12.4. The molecule has 1 heterocycles. The second-order valence-electron chi connectivity index (χ2n) is 8.13. The lowest BCUT2D eigenvalue weighted by atomic mass is 10.1. The number of alkyl halides is 2. The van der Waals surface area contributed by atoms with Gasteiger partial charge in [-0.2, -0.15) is 5.11 Å². The second kappa shape index (κ2) is 12.7. The Labute approximate surface area is 235 Å². The van der Waals surface area contributed by atoms with E-state index >= 15 is 0 Å². The summed E-state index contributed by atoms with van der Waals surface area (Å²) in [7, 11) is 0. The lowest BCUT2D eigenvalue weighted by Gasteiger charge is -2.23. The van der Waals surface area contributed by atoms with Gasteiger partial charge in [0.25, 0.3) is 5.56 Å². The van der Waals surface area contributed by atoms with E-state index in [0.717, 1.165) is 11.3 Å². The van der Waals surface area contributed by atoms with E-state index in [-0.39, 0.29) is 28.4 Å². The third-order valence-electron chi connectivity index (χ3n) is 5.67. The summed E-state index contributed by atoms with van der Waals surface area (Å²) >= 11 is 13.8. The van der Waals surface area contributed by atoms with Crippen molar-refractivity contribution < 1.29 is 10.2 Å². The largest absolute Gasteiger partial charge is 0.395 e. The van der Waals surface area contributed by atoms with Gasteiger partial charge in [0.05, 0.1) is 44.5 Å². The van der Waals surface area contributed by atoms with Gasteiger partial charge in [-0.05, 0) is 48.0 Å². The molecule has 0 bridgehead atoms. The summed E-state index contributed by atoms with van der Waals surface area (Å²) in [6, 6.07) is 20.1. The van der Waals surface area contributed by atoms with Crippen LogP contribution >= 0.6 is 43.5 Å². The number of hydrogen-bond donors (Lipinski definition) is 3. The Hall–Kier alpha value is -2.63. The van der Waals surface area contributed by atoms with Gasteiger partial charge in [0.1, 0.15) is 11.5 Å². The number of nitrogens with zero attached hydrogens (tertiary/aromatic N) is 4. The fraction of sp³-hybridized carbons (Fsp3) is 0.231. The minimum atomic E-state index is -0.272. The Balaban J connectivity index is 1.47. The zero-order valence-corrected chi connectivity index (χ0v) is 23.5. The van der Waals surface area contributed by atoms with Crippen molar-refractivity contribution in [3.05, 3.63) is 93.5 Å². The quantitative estimate of drug-likeness (QED) is 0.137. The van der Waals surface area contributed by atoms with Gasteiger partial charge in [0, 0.05) is 18.8 Å². The van der Waals surface area contributed by atoms with E-state index in [1.54, 1.807) is 18.2 Å². The Morgan fingerprint density at radius 3 is 2.32 bits per heavy atom. The van der Waals surface area contributed by atoms with Crippen molar-refractivity contribution in [2.24, 2.45) is 10.2 Å². The fourth-order valence-electron chi connectivity index (χ4n) is 3.76. The van der Waals surface area contributed by atoms with Crippen molar-refractivity contribution in [2.75, 3.05) is 31.2 Å². The van der Waals surface area contributed by atoms with E-state index in [9.17, 15) is 15.0 Å². The molecule has 0 aliphatic carbocycles. The average molecular weight is 650 g/mol. The SMILES string of the molecule is O=c1[nH]c(C(Br)C(Br)c2ccc(N=Nc3ccc(N(CCO)CCO)cc3Cl)cc2)nc2ccccc12. The van der Waals surface area contributed by atoms with Gasteiger partial charge in [0.15, 0.2) is 0 Å². The normalized spacial score (nSPS) is 13.2. The minimum Gasteiger partial charge on any atom is -0.395 e. The number of nitrogens with one attached hydrogen (secondary N) is 1. The van der Waals surface area contributed by atoms with Crippen molar-refractivity contribution in [3.8, 4) is 0 Å². The number of H-pyrrole nitrogens is 1. The third kappa shape index (κ3) is 6.63. The number of hydrogen-bond acceptors (Lipinski definition) is 7. The molecule has 2 atom stereocenters. The molecule has 2 unspecified atom stereocenters. The summed E-state index contributed by atoms with van der Waals surface area (Å²) in [6.07, 6.45) is 0. The molecule has 0 aliphatic rings. The van der Waals surface area contributed by atoms with Crippen LogP contribution in [0.3, 0.4) is 0 Å². The average Bonchev–Trinajstić information content (AvgIpc) is 2.91. The molecule has 1 aromatic heterocycles. The number of fused-ring (bicyclic) bond motifs is 1. The van der Waals surface area contributed by atoms with Gasteiger partial charge in [-0.25, -0.2) is 4.98 Å². The summed E-state index contributed by atoms with van der Waals surface area (Å²) in [5, 5.41) is 28.0. The van der Waals surface area contributed by atoms with E-state index in [1.165, 1.54) is 0 Å². The standard InChI is InChI=1S/C26H24Br2ClN5O3/c27-23(24(28)25-30-21-4-2-1-3-19(21)26(37)31-25)16-5-7-17(8-6-16)32-33-22-10-9-18(15-20(22)29)34(11-13-35)12-14-36/h1-10,15,23-24,35-36H,11-14H2,(H,30,31,37). The number of halogens is 3. The number of rotatable bonds is 10. The summed E-state index contributed by atoms with van der Waals surface area (Å²) in [4.78, 5) is 21.3. The molecule has 0 saturated carbocycles. The van der Waals surface area contributed by atoms with Crippen LogP contribution in [-0.4, -0.2) is 46.5 Å². The monoisotopic (exact) mass is 647 g/mol. The lowest BCUT2D eigenvalue weighted by Crippen LogP contribution is -2.29. The molecule has 192 valence electrons. The molecule has 0 amide bonds. The van der Waals surface area contributed by atoms with Crippen molar-refractivity contribution in [2.45, 2.75) is 9.65 Å². The smallest absolute Gasteiger partial charge is 0.258 e. The first-order chi connectivity index (χ1) is 17.9. The number of aliphatic hydroxyl groups excluding tert-OH is 2. The predicted molar refractivity (Wildman–Crippen MR) is 154 cm³/mol. The summed E-state index contributed by atoms with van der Waals surface area (Å²) in [6.45, 7) is 0.718. The number of para-hydroxylation sites is 1. The molecule has 0 fully saturated rings. The maximum atomic E-state index is 12.4. The van der Waals surface area contributed by atoms with Gasteiger partial charge in [-0.3, -0.25) is 4.79 Å². The topological polar surface area (TPSA) is 114 Å². The minimum absolute atomic E-state index is 0.0309. The van der Waals surface area contributed by atoms with E-state index in [2.05, 4.69) is 52.1 Å². The van der Waals surface area contributed by atoms with E-state index in [1.807, 2.05) is 53.4 Å². The van der Waals surface area contributed by atoms with Crippen LogP contribution in [0.25, 0.3) is 10.9 Å². The van der Waals surface area contributed by atoms with Gasteiger partial charge in [-0.1, -0.05) is 67.7 Å². The molecule has 3 N–H and O–H groups in total. The maximum Gasteiger partial charge on any atom is 0.258 e. The zero-order valence-electron chi connectivity index (χ0n) is 19.6. The number of aromatic amines is 1. The Kier molecular flexibility index (Phi) is 9.44. The van der Waals surface area contributed by atoms with Crippen molar-refractivity contribution in [3.63, 3.8) is 0 Å². The number of benzene rings is 3. The second-order valence-corrected chi connectivity index (χ2v) is 10.5. The van der Waals surface area contributed by atoms with Crippen molar-refractivity contribution in [1.82, 2.24) is 9.97 Å². The number of aliphatic hydroxyl groups is 2. The van der Waals surface area contributed by atoms with Crippen LogP contribution < -0.4 is 10.5 Å². The molecule has 3 aromatic carbocycles. The number of aromatic nitrogens is 2. The Morgan fingerprint density at radius 2 is 1.65 bits per heavy atom. The molecule has 4 aromatic rings. The molecule has 0 saturated heterocycles. The zero-order chi connectivity index (χ0) is 26.4. The van der Waals surface area contributed by atoms with Gasteiger partial charge in [-0.15, -0.1) is 5.11 Å². The molecule has 11 heteroatoms. The summed E-state index contributed by atoms with van der Waals surface area (Å²) < 4.78 is 0. The first-order valence-electron chi connectivity index (χ1n) is 11.5. The van der Waals surface area contributed by atoms with Crippen LogP contribution in [0.4, 0.5) is 17.1 Å². The summed E-state index contributed by atoms with van der Waals surface area (Å²) in [5.74, 6) is 0.531. The van der Waals surface area contributed by atoms with Gasteiger partial charge >= 0.3 is 0 Å². The highest BCUT2D eigenvalue weighted by molar-refractivity contribution is 9.12. The lowest BCUT2D eigenvalue weighted by molar-refractivity contribution is 0.281. The van der Waals surface area contributed by atoms with E-state index in [0.29, 0.717) is 46.2 Å². The highest BCUT2D eigenvalue weighted by Gasteiger charge is 2.22. The first kappa shape index (κ1) is 27.4. The molecule has 4 rings (SSSR count). The molecule has 37 heavy (non-hydrogen) atoms. The number of anilines is 1. The van der Waals surface area contributed by atoms with Crippen LogP contribution in [0, 0.1) is 0 Å². The Bertz CT molecular complexity index is 1440. The molecule has 0 aliphatic heterocycles. The fourth-order valence-corrected chi connectivity index (χ4v) is 5.05. The first-order valence-corrected chi connectivity index (χ1v) is 13.7. The molecule has 0 radical (unpaired) electrons. The van der Waals surface area contributed by atoms with Crippen LogP contribution in [0.2, 0.25) is 5.02 Å². The number of azo groups is 1. The molecule has 8 nitrogen and oxygen atoms in total. The molecular formula is C26H24Br2ClN5O3. The Morgan fingerprint density at radius 1 is 0.946 bits per heavy atom. The van der Waals surface area contributed by atoms with E-state index in [4.69, 9.17) is 11.6 Å². The van der Waals surface area contributed by atoms with Crippen LogP contribution in [0.5, 0.6) is 0 Å². The predicted octanol–water partition coefficient (Wildman–Crippen LogP) is 6.36. The molecule has 0 spiro atoms. The van der Waals surface area contributed by atoms with Crippen LogP contribution in [0.15, 0.2) is 81.8 Å². The molecular weight excluding hydrogens is 626 g/mol. The van der Waals surface area contributed by atoms with Crippen molar-refractivity contribution in [1.29, 1.82) is 0 Å². The van der Waals surface area contributed by atoms with Crippen LogP contribution in [-0.2, 0) is 0 Å². The van der Waals surface area contributed by atoms with Crippen LogP contribution in [0.1, 0.15) is 21.0 Å². The highest BCUT2D eigenvalue weighted by atomic mass is 79.9. The highest BCUT2D eigenvalue weighted by Crippen LogP contribution is 2.41. The summed E-state index contributed by atoms with van der Waals surface area (Å²) in [5.41, 5.74) is 3.36. The van der Waals surface area contributed by atoms with Gasteiger partial charge < -0.3 is 20.1 Å². The van der Waals surface area contributed by atoms with Gasteiger partial charge in [0.2, 0.25) is 0 Å². The third-order valence-corrected chi connectivity index (χ3v) is 8.70. The van der Waals surface area contributed by atoms with Crippen molar-refractivity contribution >= 4 is 71.4 Å².